The van der Waals surface area contributed by atoms with Crippen molar-refractivity contribution in [2.45, 2.75) is 96.8 Å². The second-order valence-electron chi connectivity index (χ2n) is 7.15. The van der Waals surface area contributed by atoms with E-state index < -0.39 is 0 Å². The third-order valence-electron chi connectivity index (χ3n) is 4.76. The van der Waals surface area contributed by atoms with E-state index in [1.54, 1.807) is 18.2 Å². The summed E-state index contributed by atoms with van der Waals surface area (Å²) < 4.78 is 5.71. The number of benzene rings is 1. The lowest BCUT2D eigenvalue weighted by Gasteiger charge is -2.06. The molecular formula is C23H37NO2. The van der Waals surface area contributed by atoms with Gasteiger partial charge in [-0.3, -0.25) is 0 Å². The maximum Gasteiger partial charge on any atom is 0.240 e. The number of ether oxygens (including phenoxy) is 1. The molecule has 0 aliphatic carbocycles. The van der Waals surface area contributed by atoms with E-state index in [1.165, 1.54) is 83.5 Å². The molecule has 0 radical (unpaired) electrons. The molecule has 0 amide bonds. The summed E-state index contributed by atoms with van der Waals surface area (Å²) in [5, 5.41) is 0. The lowest BCUT2D eigenvalue weighted by Crippen LogP contribution is -1.97. The number of nitrogens with zero attached hydrogens (tertiary/aromatic N) is 1. The van der Waals surface area contributed by atoms with Crippen LogP contribution in [-0.4, -0.2) is 12.7 Å². The monoisotopic (exact) mass is 359 g/mol. The Morgan fingerprint density at radius 1 is 0.808 bits per heavy atom. The Morgan fingerprint density at radius 2 is 1.35 bits per heavy atom. The summed E-state index contributed by atoms with van der Waals surface area (Å²) in [6.07, 6.45) is 20.6. The largest absolute Gasteiger partial charge is 0.494 e. The zero-order chi connectivity index (χ0) is 18.7. The summed E-state index contributed by atoms with van der Waals surface area (Å²) in [5.41, 5.74) is 0.596. The molecule has 0 saturated carbocycles. The predicted octanol–water partition coefficient (Wildman–Crippen LogP) is 7.51. The maximum absolute atomic E-state index is 10.3. The highest BCUT2D eigenvalue weighted by molar-refractivity contribution is 5.51. The molecule has 0 aromatic heterocycles. The standard InChI is InChI=1S/C23H37NO2/c1-2-3-4-5-6-7-8-9-10-11-12-13-14-15-19-26-23-18-16-17-22(20-23)24-21-25/h16-18,20H,2-15,19H2,1H3. The number of aliphatic imine (C=N–C) groups is 1. The van der Waals surface area contributed by atoms with Crippen LogP contribution in [0.3, 0.4) is 0 Å². The quantitative estimate of drug-likeness (QED) is 0.164. The Labute approximate surface area is 160 Å². The van der Waals surface area contributed by atoms with E-state index in [4.69, 9.17) is 4.74 Å². The first-order chi connectivity index (χ1) is 12.9. The molecule has 0 aliphatic heterocycles. The summed E-state index contributed by atoms with van der Waals surface area (Å²) in [7, 11) is 0. The molecule has 0 saturated heterocycles. The van der Waals surface area contributed by atoms with Crippen LogP contribution in [0.5, 0.6) is 5.75 Å². The van der Waals surface area contributed by atoms with Crippen LogP contribution in [-0.2, 0) is 4.79 Å². The van der Waals surface area contributed by atoms with E-state index in [-0.39, 0.29) is 0 Å². The summed E-state index contributed by atoms with van der Waals surface area (Å²) >= 11 is 0. The minimum absolute atomic E-state index is 0.596. The molecule has 1 rings (SSSR count). The fourth-order valence-corrected chi connectivity index (χ4v) is 3.18. The van der Waals surface area contributed by atoms with Crippen LogP contribution in [0.1, 0.15) is 96.8 Å². The number of rotatable bonds is 17. The highest BCUT2D eigenvalue weighted by Crippen LogP contribution is 2.19. The fourth-order valence-electron chi connectivity index (χ4n) is 3.18. The Hall–Kier alpha value is -1.60. The molecule has 26 heavy (non-hydrogen) atoms. The number of unbranched alkanes of at least 4 members (excludes halogenated alkanes) is 13. The molecule has 146 valence electrons. The van der Waals surface area contributed by atoms with Gasteiger partial charge in [0.2, 0.25) is 6.08 Å². The SMILES string of the molecule is CCCCCCCCCCCCCCCCOc1cccc(N=C=O)c1. The number of carbonyl (C=O) groups excluding carboxylic acids is 1. The second-order valence-corrected chi connectivity index (χ2v) is 7.15. The minimum atomic E-state index is 0.596. The highest BCUT2D eigenvalue weighted by atomic mass is 16.5. The van der Waals surface area contributed by atoms with Crippen LogP contribution < -0.4 is 4.74 Å². The normalized spacial score (nSPS) is 10.5. The van der Waals surface area contributed by atoms with Crippen LogP contribution in [0.2, 0.25) is 0 Å². The third kappa shape index (κ3) is 12.7. The van der Waals surface area contributed by atoms with Crippen LogP contribution in [0.15, 0.2) is 29.3 Å². The van der Waals surface area contributed by atoms with E-state index in [0.29, 0.717) is 5.69 Å². The number of isocyanates is 1. The smallest absolute Gasteiger partial charge is 0.240 e. The molecule has 0 heterocycles. The first kappa shape index (κ1) is 22.4. The van der Waals surface area contributed by atoms with Gasteiger partial charge in [-0.2, -0.15) is 4.99 Å². The van der Waals surface area contributed by atoms with E-state index in [2.05, 4.69) is 11.9 Å². The van der Waals surface area contributed by atoms with Crippen molar-refractivity contribution in [3.05, 3.63) is 24.3 Å². The van der Waals surface area contributed by atoms with Crippen molar-refractivity contribution < 1.29 is 9.53 Å². The molecular weight excluding hydrogens is 322 g/mol. The van der Waals surface area contributed by atoms with Crippen LogP contribution >= 0.6 is 0 Å². The summed E-state index contributed by atoms with van der Waals surface area (Å²) in [6, 6.07) is 7.28. The molecule has 3 nitrogen and oxygen atoms in total. The van der Waals surface area contributed by atoms with Gasteiger partial charge >= 0.3 is 0 Å². The highest BCUT2D eigenvalue weighted by Gasteiger charge is 1.97. The molecule has 0 atom stereocenters. The average Bonchev–Trinajstić information content (AvgIpc) is 2.65. The zero-order valence-corrected chi connectivity index (χ0v) is 16.7. The van der Waals surface area contributed by atoms with Crippen LogP contribution in [0.25, 0.3) is 0 Å². The van der Waals surface area contributed by atoms with Crippen LogP contribution in [0.4, 0.5) is 5.69 Å². The van der Waals surface area contributed by atoms with Crippen molar-refractivity contribution >= 4 is 11.8 Å². The number of hydrogen-bond donors (Lipinski definition) is 0. The van der Waals surface area contributed by atoms with Gasteiger partial charge in [-0.1, -0.05) is 96.5 Å². The Balaban J connectivity index is 1.85. The predicted molar refractivity (Wildman–Crippen MR) is 110 cm³/mol. The van der Waals surface area contributed by atoms with Crippen LogP contribution in [0, 0.1) is 0 Å². The zero-order valence-electron chi connectivity index (χ0n) is 16.7. The molecule has 0 spiro atoms. The summed E-state index contributed by atoms with van der Waals surface area (Å²) in [5.74, 6) is 0.774. The number of hydrogen-bond acceptors (Lipinski definition) is 3. The van der Waals surface area contributed by atoms with Gasteiger partial charge in [0.05, 0.1) is 12.3 Å². The molecule has 1 aromatic carbocycles. The van der Waals surface area contributed by atoms with Crippen molar-refractivity contribution in [2.24, 2.45) is 4.99 Å². The Bertz CT molecular complexity index is 495. The van der Waals surface area contributed by atoms with Gasteiger partial charge in [-0.05, 0) is 18.6 Å². The van der Waals surface area contributed by atoms with E-state index in [0.717, 1.165) is 18.8 Å². The van der Waals surface area contributed by atoms with Gasteiger partial charge in [0, 0.05) is 6.07 Å². The lowest BCUT2D eigenvalue weighted by atomic mass is 10.0. The molecule has 0 fully saturated rings. The van der Waals surface area contributed by atoms with Gasteiger partial charge in [0.1, 0.15) is 5.75 Å². The van der Waals surface area contributed by atoms with Gasteiger partial charge in [0.25, 0.3) is 0 Å². The lowest BCUT2D eigenvalue weighted by molar-refractivity contribution is 0.304. The molecule has 0 bridgehead atoms. The Kier molecular flexibility index (Phi) is 14.5. The van der Waals surface area contributed by atoms with Crippen molar-refractivity contribution in [1.82, 2.24) is 0 Å². The van der Waals surface area contributed by atoms with Crippen molar-refractivity contribution in [3.63, 3.8) is 0 Å². The molecule has 0 unspecified atom stereocenters. The first-order valence-corrected chi connectivity index (χ1v) is 10.7. The van der Waals surface area contributed by atoms with E-state index in [1.807, 2.05) is 12.1 Å². The van der Waals surface area contributed by atoms with Crippen molar-refractivity contribution in [1.29, 1.82) is 0 Å². The molecule has 0 N–H and O–H groups in total. The average molecular weight is 360 g/mol. The topological polar surface area (TPSA) is 38.7 Å². The minimum Gasteiger partial charge on any atom is -0.494 e. The van der Waals surface area contributed by atoms with E-state index >= 15 is 0 Å². The third-order valence-corrected chi connectivity index (χ3v) is 4.76. The van der Waals surface area contributed by atoms with E-state index in [9.17, 15) is 4.79 Å². The van der Waals surface area contributed by atoms with Crippen molar-refractivity contribution in [3.8, 4) is 5.75 Å². The molecule has 3 heteroatoms. The first-order valence-electron chi connectivity index (χ1n) is 10.7. The van der Waals surface area contributed by atoms with Crippen molar-refractivity contribution in [2.75, 3.05) is 6.61 Å². The summed E-state index contributed by atoms with van der Waals surface area (Å²) in [4.78, 5) is 13.9. The fraction of sp³-hybridized carbons (Fsp3) is 0.696. The van der Waals surface area contributed by atoms with Gasteiger partial charge in [-0.25, -0.2) is 4.79 Å². The maximum atomic E-state index is 10.3. The second kappa shape index (κ2) is 16.8. The Morgan fingerprint density at radius 3 is 1.88 bits per heavy atom. The molecule has 1 aromatic rings. The van der Waals surface area contributed by atoms with Gasteiger partial charge < -0.3 is 4.74 Å². The van der Waals surface area contributed by atoms with Gasteiger partial charge in [0.15, 0.2) is 0 Å². The summed E-state index contributed by atoms with van der Waals surface area (Å²) in [6.45, 7) is 3.00. The molecule has 0 aliphatic rings. The van der Waals surface area contributed by atoms with Gasteiger partial charge in [-0.15, -0.1) is 0 Å².